The maximum atomic E-state index is 11.9. The first-order valence-electron chi connectivity index (χ1n) is 5.71. The Morgan fingerprint density at radius 2 is 2.38 bits per heavy atom. The molecule has 1 aromatic heterocycles. The minimum Gasteiger partial charge on any atom is -0.387 e. The summed E-state index contributed by atoms with van der Waals surface area (Å²) in [7, 11) is 1.80. The second kappa shape index (κ2) is 4.96. The van der Waals surface area contributed by atoms with E-state index in [1.165, 1.54) is 19.3 Å². The van der Waals surface area contributed by atoms with Crippen molar-refractivity contribution in [2.24, 2.45) is 5.92 Å². The molecule has 0 spiro atoms. The quantitative estimate of drug-likeness (QED) is 0.809. The number of amides is 1. The van der Waals surface area contributed by atoms with Crippen molar-refractivity contribution in [1.82, 2.24) is 10.3 Å². The van der Waals surface area contributed by atoms with Crippen LogP contribution in [0.25, 0.3) is 0 Å². The lowest BCUT2D eigenvalue weighted by atomic mass is 9.85. The van der Waals surface area contributed by atoms with Gasteiger partial charge >= 0.3 is 0 Å². The Bertz CT molecular complexity index is 374. The van der Waals surface area contributed by atoms with Crippen molar-refractivity contribution in [3.05, 3.63) is 24.0 Å². The third-order valence-electron chi connectivity index (χ3n) is 3.11. The Morgan fingerprint density at radius 1 is 1.56 bits per heavy atom. The molecule has 2 rings (SSSR count). The zero-order chi connectivity index (χ0) is 11.4. The lowest BCUT2D eigenvalue weighted by Gasteiger charge is -2.25. The molecule has 1 fully saturated rings. The molecular formula is C12H17N3O. The van der Waals surface area contributed by atoms with E-state index in [1.807, 2.05) is 0 Å². The van der Waals surface area contributed by atoms with Crippen LogP contribution in [-0.2, 0) is 0 Å². The van der Waals surface area contributed by atoms with Gasteiger partial charge in [-0.1, -0.05) is 6.42 Å². The number of hydrogen-bond acceptors (Lipinski definition) is 3. The Balaban J connectivity index is 1.96. The molecule has 4 heteroatoms. The summed E-state index contributed by atoms with van der Waals surface area (Å²) in [5.74, 6) is 0.642. The zero-order valence-corrected chi connectivity index (χ0v) is 9.49. The van der Waals surface area contributed by atoms with E-state index in [1.54, 1.807) is 25.5 Å². The molecule has 1 saturated carbocycles. The fraction of sp³-hybridized carbons (Fsp3) is 0.500. The molecule has 4 nitrogen and oxygen atoms in total. The van der Waals surface area contributed by atoms with Crippen molar-refractivity contribution in [1.29, 1.82) is 0 Å². The maximum Gasteiger partial charge on any atom is 0.254 e. The normalized spacial score (nSPS) is 15.3. The van der Waals surface area contributed by atoms with Crippen LogP contribution in [0.2, 0.25) is 0 Å². The Hall–Kier alpha value is -1.58. The fourth-order valence-corrected chi connectivity index (χ4v) is 1.82. The highest BCUT2D eigenvalue weighted by molar-refractivity contribution is 5.99. The highest BCUT2D eigenvalue weighted by Crippen LogP contribution is 2.25. The van der Waals surface area contributed by atoms with Gasteiger partial charge in [-0.25, -0.2) is 0 Å². The van der Waals surface area contributed by atoms with Crippen molar-refractivity contribution >= 4 is 11.6 Å². The summed E-state index contributed by atoms with van der Waals surface area (Å²) in [5, 5.41) is 5.95. The van der Waals surface area contributed by atoms with Gasteiger partial charge in [-0.2, -0.15) is 0 Å². The SMILES string of the molecule is CNc1ccncc1C(=O)NCC1CCC1. The van der Waals surface area contributed by atoms with Crippen molar-refractivity contribution < 1.29 is 4.79 Å². The van der Waals surface area contributed by atoms with Gasteiger partial charge < -0.3 is 10.6 Å². The van der Waals surface area contributed by atoms with E-state index >= 15 is 0 Å². The van der Waals surface area contributed by atoms with Gasteiger partial charge in [-0.15, -0.1) is 0 Å². The van der Waals surface area contributed by atoms with Gasteiger partial charge in [0.1, 0.15) is 0 Å². The van der Waals surface area contributed by atoms with Crippen molar-refractivity contribution in [3.8, 4) is 0 Å². The van der Waals surface area contributed by atoms with Crippen LogP contribution in [-0.4, -0.2) is 24.5 Å². The van der Waals surface area contributed by atoms with Gasteiger partial charge in [0.25, 0.3) is 5.91 Å². The van der Waals surface area contributed by atoms with E-state index < -0.39 is 0 Å². The van der Waals surface area contributed by atoms with Crippen LogP contribution < -0.4 is 10.6 Å². The number of rotatable bonds is 4. The van der Waals surface area contributed by atoms with Gasteiger partial charge in [0, 0.05) is 31.7 Å². The van der Waals surface area contributed by atoms with Gasteiger partial charge in [0.15, 0.2) is 0 Å². The minimum atomic E-state index is -0.0376. The summed E-state index contributed by atoms with van der Waals surface area (Å²) in [4.78, 5) is 15.9. The molecule has 0 bridgehead atoms. The summed E-state index contributed by atoms with van der Waals surface area (Å²) >= 11 is 0. The molecule has 0 unspecified atom stereocenters. The van der Waals surface area contributed by atoms with Gasteiger partial charge in [-0.05, 0) is 24.8 Å². The topological polar surface area (TPSA) is 54.0 Å². The molecule has 16 heavy (non-hydrogen) atoms. The molecule has 0 aliphatic heterocycles. The highest BCUT2D eigenvalue weighted by Gasteiger charge is 2.19. The minimum absolute atomic E-state index is 0.0376. The Kier molecular flexibility index (Phi) is 3.39. The van der Waals surface area contributed by atoms with Crippen molar-refractivity contribution in [2.45, 2.75) is 19.3 Å². The first-order chi connectivity index (χ1) is 7.81. The molecule has 0 atom stereocenters. The lowest BCUT2D eigenvalue weighted by molar-refractivity contribution is 0.0939. The predicted molar refractivity (Wildman–Crippen MR) is 63.5 cm³/mol. The van der Waals surface area contributed by atoms with E-state index in [-0.39, 0.29) is 5.91 Å². The number of carbonyl (C=O) groups is 1. The zero-order valence-electron chi connectivity index (χ0n) is 9.49. The number of pyridine rings is 1. The summed E-state index contributed by atoms with van der Waals surface area (Å²) in [6.45, 7) is 0.789. The summed E-state index contributed by atoms with van der Waals surface area (Å²) in [6.07, 6.45) is 7.06. The standard InChI is InChI=1S/C12H17N3O/c1-13-11-5-6-14-8-10(11)12(16)15-7-9-3-2-4-9/h5-6,8-9H,2-4,7H2,1H3,(H,13,14)(H,15,16). The average molecular weight is 219 g/mol. The number of carbonyl (C=O) groups excluding carboxylic acids is 1. The summed E-state index contributed by atoms with van der Waals surface area (Å²) in [5.41, 5.74) is 1.44. The molecule has 1 aromatic rings. The number of aromatic nitrogens is 1. The van der Waals surface area contributed by atoms with Gasteiger partial charge in [-0.3, -0.25) is 9.78 Å². The lowest BCUT2D eigenvalue weighted by Crippen LogP contribution is -2.32. The Morgan fingerprint density at radius 3 is 3.00 bits per heavy atom. The number of nitrogens with one attached hydrogen (secondary N) is 2. The molecule has 1 heterocycles. The number of hydrogen-bond donors (Lipinski definition) is 2. The van der Waals surface area contributed by atoms with Crippen LogP contribution in [0.15, 0.2) is 18.5 Å². The first kappa shape index (κ1) is 10.9. The summed E-state index contributed by atoms with van der Waals surface area (Å²) in [6, 6.07) is 1.80. The predicted octanol–water partition coefficient (Wildman–Crippen LogP) is 1.65. The largest absolute Gasteiger partial charge is 0.387 e. The fourth-order valence-electron chi connectivity index (χ4n) is 1.82. The van der Waals surface area contributed by atoms with E-state index in [9.17, 15) is 4.79 Å². The molecule has 1 aliphatic carbocycles. The Labute approximate surface area is 95.5 Å². The highest BCUT2D eigenvalue weighted by atomic mass is 16.1. The molecule has 0 saturated heterocycles. The maximum absolute atomic E-state index is 11.9. The number of nitrogens with zero attached hydrogens (tertiary/aromatic N) is 1. The molecule has 0 aromatic carbocycles. The van der Waals surface area contributed by atoms with Crippen LogP contribution in [0.1, 0.15) is 29.6 Å². The molecule has 1 amide bonds. The van der Waals surface area contributed by atoms with Crippen LogP contribution in [0.5, 0.6) is 0 Å². The van der Waals surface area contributed by atoms with E-state index in [0.717, 1.165) is 12.2 Å². The first-order valence-corrected chi connectivity index (χ1v) is 5.71. The monoisotopic (exact) mass is 219 g/mol. The number of anilines is 1. The van der Waals surface area contributed by atoms with Gasteiger partial charge in [0.05, 0.1) is 5.56 Å². The van der Waals surface area contributed by atoms with E-state index in [0.29, 0.717) is 11.5 Å². The van der Waals surface area contributed by atoms with Crippen LogP contribution >= 0.6 is 0 Å². The average Bonchev–Trinajstić information content (AvgIpc) is 2.26. The second-order valence-corrected chi connectivity index (χ2v) is 4.18. The second-order valence-electron chi connectivity index (χ2n) is 4.18. The van der Waals surface area contributed by atoms with E-state index in [2.05, 4.69) is 15.6 Å². The van der Waals surface area contributed by atoms with Crippen molar-refractivity contribution in [2.75, 3.05) is 18.9 Å². The molecular weight excluding hydrogens is 202 g/mol. The molecule has 86 valence electrons. The molecule has 1 aliphatic rings. The van der Waals surface area contributed by atoms with Crippen LogP contribution in [0, 0.1) is 5.92 Å². The van der Waals surface area contributed by atoms with Crippen molar-refractivity contribution in [3.63, 3.8) is 0 Å². The van der Waals surface area contributed by atoms with E-state index in [4.69, 9.17) is 0 Å². The third-order valence-corrected chi connectivity index (χ3v) is 3.11. The summed E-state index contributed by atoms with van der Waals surface area (Å²) < 4.78 is 0. The van der Waals surface area contributed by atoms with Crippen LogP contribution in [0.3, 0.4) is 0 Å². The third kappa shape index (κ3) is 2.32. The van der Waals surface area contributed by atoms with Crippen LogP contribution in [0.4, 0.5) is 5.69 Å². The van der Waals surface area contributed by atoms with Gasteiger partial charge in [0.2, 0.25) is 0 Å². The smallest absolute Gasteiger partial charge is 0.254 e. The molecule has 0 radical (unpaired) electrons. The molecule has 2 N–H and O–H groups in total.